The topological polar surface area (TPSA) is 68.1 Å². The predicted octanol–water partition coefficient (Wildman–Crippen LogP) is 3.60. The van der Waals surface area contributed by atoms with Crippen LogP contribution in [0, 0.1) is 15.5 Å². The molecule has 0 spiro atoms. The van der Waals surface area contributed by atoms with Crippen LogP contribution >= 0.6 is 15.9 Å². The third kappa shape index (κ3) is 3.39. The molecule has 0 saturated carbocycles. The average Bonchev–Trinajstić information content (AvgIpc) is 2.18. The highest BCUT2D eigenvalue weighted by molar-refractivity contribution is 9.10. The van der Waals surface area contributed by atoms with E-state index in [2.05, 4.69) is 47.0 Å². The highest BCUT2D eigenvalue weighted by atomic mass is 79.9. The molecule has 0 aromatic carbocycles. The van der Waals surface area contributed by atoms with E-state index < -0.39 is 4.92 Å². The number of aromatic nitrogens is 1. The van der Waals surface area contributed by atoms with Gasteiger partial charge >= 0.3 is 5.69 Å². The summed E-state index contributed by atoms with van der Waals surface area (Å²) in [7, 11) is 0. The molecule has 5 nitrogen and oxygen atoms in total. The molecule has 94 valence electrons. The quantitative estimate of drug-likeness (QED) is 0.684. The van der Waals surface area contributed by atoms with Crippen molar-refractivity contribution in [3.63, 3.8) is 0 Å². The molecule has 1 unspecified atom stereocenters. The number of pyridine rings is 1. The summed E-state index contributed by atoms with van der Waals surface area (Å²) >= 11 is 3.28. The molecule has 6 heteroatoms. The molecule has 0 aliphatic heterocycles. The van der Waals surface area contributed by atoms with E-state index in [0.29, 0.717) is 10.2 Å². The summed E-state index contributed by atoms with van der Waals surface area (Å²) in [6.07, 6.45) is 2.80. The second kappa shape index (κ2) is 5.00. The molecule has 1 heterocycles. The molecule has 0 aliphatic rings. The standard InChI is InChI=1S/C11H16BrN3O2/c1-7(11(2,3)4)14-10-8(12)5-13-6-9(10)15(16)17/h5-7H,1-4H3,(H,13,14). The van der Waals surface area contributed by atoms with E-state index in [0.717, 1.165) is 0 Å². The molecule has 0 radical (unpaired) electrons. The van der Waals surface area contributed by atoms with Gasteiger partial charge in [0.25, 0.3) is 0 Å². The van der Waals surface area contributed by atoms with Crippen molar-refractivity contribution in [1.29, 1.82) is 0 Å². The first-order valence-electron chi connectivity index (χ1n) is 5.28. The van der Waals surface area contributed by atoms with E-state index in [9.17, 15) is 10.1 Å². The molecular formula is C11H16BrN3O2. The van der Waals surface area contributed by atoms with E-state index in [-0.39, 0.29) is 17.1 Å². The average molecular weight is 302 g/mol. The third-order valence-corrected chi connectivity index (χ3v) is 3.34. The summed E-state index contributed by atoms with van der Waals surface area (Å²) in [6.45, 7) is 8.22. The first-order valence-corrected chi connectivity index (χ1v) is 6.07. The lowest BCUT2D eigenvalue weighted by Gasteiger charge is -2.29. The summed E-state index contributed by atoms with van der Waals surface area (Å²) in [4.78, 5) is 14.3. The van der Waals surface area contributed by atoms with Gasteiger partial charge in [0.15, 0.2) is 0 Å². The molecule has 0 amide bonds. The molecule has 1 aromatic rings. The van der Waals surface area contributed by atoms with Crippen molar-refractivity contribution < 1.29 is 4.92 Å². The van der Waals surface area contributed by atoms with Gasteiger partial charge in [-0.05, 0) is 28.3 Å². The molecule has 0 aliphatic carbocycles. The lowest BCUT2D eigenvalue weighted by atomic mass is 9.88. The molecular weight excluding hydrogens is 286 g/mol. The number of anilines is 1. The van der Waals surface area contributed by atoms with Gasteiger partial charge in [-0.15, -0.1) is 0 Å². The van der Waals surface area contributed by atoms with Gasteiger partial charge in [0, 0.05) is 12.2 Å². The van der Waals surface area contributed by atoms with Gasteiger partial charge in [-0.2, -0.15) is 0 Å². The van der Waals surface area contributed by atoms with Crippen LogP contribution in [-0.2, 0) is 0 Å². The molecule has 1 atom stereocenters. The van der Waals surface area contributed by atoms with Crippen LogP contribution in [0.4, 0.5) is 11.4 Å². The first kappa shape index (κ1) is 13.9. The molecule has 0 bridgehead atoms. The van der Waals surface area contributed by atoms with E-state index in [1.165, 1.54) is 6.20 Å². The molecule has 1 aromatic heterocycles. The largest absolute Gasteiger partial charge is 0.375 e. The molecule has 1 rings (SSSR count). The Morgan fingerprint density at radius 2 is 2.06 bits per heavy atom. The SMILES string of the molecule is CC(Nc1c(Br)cncc1[N+](=O)[O-])C(C)(C)C. The van der Waals surface area contributed by atoms with E-state index >= 15 is 0 Å². The normalized spacial score (nSPS) is 13.2. The van der Waals surface area contributed by atoms with Crippen molar-refractivity contribution in [3.8, 4) is 0 Å². The molecule has 17 heavy (non-hydrogen) atoms. The molecule has 0 saturated heterocycles. The summed E-state index contributed by atoms with van der Waals surface area (Å²) in [5, 5.41) is 14.1. The van der Waals surface area contributed by atoms with Crippen molar-refractivity contribution in [2.45, 2.75) is 33.7 Å². The van der Waals surface area contributed by atoms with Crippen LogP contribution in [0.1, 0.15) is 27.7 Å². The van der Waals surface area contributed by atoms with E-state index in [1.807, 2.05) is 6.92 Å². The van der Waals surface area contributed by atoms with Crippen LogP contribution < -0.4 is 5.32 Å². The summed E-state index contributed by atoms with van der Waals surface area (Å²) in [5.74, 6) is 0. The maximum Gasteiger partial charge on any atom is 0.311 e. The Bertz CT molecular complexity index is 429. The number of nitrogens with one attached hydrogen (secondary N) is 1. The van der Waals surface area contributed by atoms with Crippen LogP contribution in [0.5, 0.6) is 0 Å². The van der Waals surface area contributed by atoms with Crippen LogP contribution in [0.25, 0.3) is 0 Å². The number of hydrogen-bond acceptors (Lipinski definition) is 4. The molecule has 1 N–H and O–H groups in total. The number of nitro groups is 1. The number of nitrogens with zero attached hydrogens (tertiary/aromatic N) is 2. The Labute approximate surface area is 109 Å². The van der Waals surface area contributed by atoms with Crippen molar-refractivity contribution in [1.82, 2.24) is 4.98 Å². The minimum Gasteiger partial charge on any atom is -0.375 e. The minimum absolute atomic E-state index is 0.0105. The first-order chi connectivity index (χ1) is 7.73. The van der Waals surface area contributed by atoms with Gasteiger partial charge in [0.05, 0.1) is 9.40 Å². The number of rotatable bonds is 3. The van der Waals surface area contributed by atoms with Gasteiger partial charge in [-0.3, -0.25) is 15.1 Å². The summed E-state index contributed by atoms with van der Waals surface area (Å²) in [5.41, 5.74) is 0.472. The second-order valence-electron chi connectivity index (χ2n) is 5.00. The smallest absolute Gasteiger partial charge is 0.311 e. The van der Waals surface area contributed by atoms with Gasteiger partial charge in [-0.1, -0.05) is 20.8 Å². The maximum absolute atomic E-state index is 10.9. The van der Waals surface area contributed by atoms with Crippen molar-refractivity contribution in [3.05, 3.63) is 27.0 Å². The Morgan fingerprint density at radius 1 is 1.47 bits per heavy atom. The highest BCUT2D eigenvalue weighted by Crippen LogP contribution is 2.33. The number of halogens is 1. The fourth-order valence-electron chi connectivity index (χ4n) is 1.14. The highest BCUT2D eigenvalue weighted by Gasteiger charge is 2.24. The lowest BCUT2D eigenvalue weighted by Crippen LogP contribution is -2.31. The van der Waals surface area contributed by atoms with Crippen LogP contribution in [0.3, 0.4) is 0 Å². The fourth-order valence-corrected chi connectivity index (χ4v) is 1.57. The Kier molecular flexibility index (Phi) is 4.08. The monoisotopic (exact) mass is 301 g/mol. The van der Waals surface area contributed by atoms with E-state index in [4.69, 9.17) is 0 Å². The number of hydrogen-bond donors (Lipinski definition) is 1. The van der Waals surface area contributed by atoms with Crippen LogP contribution in [0.2, 0.25) is 0 Å². The van der Waals surface area contributed by atoms with Crippen LogP contribution in [0.15, 0.2) is 16.9 Å². The van der Waals surface area contributed by atoms with E-state index in [1.54, 1.807) is 6.20 Å². The van der Waals surface area contributed by atoms with Crippen molar-refractivity contribution in [2.75, 3.05) is 5.32 Å². The third-order valence-electron chi connectivity index (χ3n) is 2.74. The van der Waals surface area contributed by atoms with Gasteiger partial charge in [0.2, 0.25) is 0 Å². The Morgan fingerprint density at radius 3 is 2.53 bits per heavy atom. The van der Waals surface area contributed by atoms with Crippen molar-refractivity contribution >= 4 is 27.3 Å². The lowest BCUT2D eigenvalue weighted by molar-refractivity contribution is -0.384. The summed E-state index contributed by atoms with van der Waals surface area (Å²) < 4.78 is 0.600. The Hall–Kier alpha value is -1.17. The van der Waals surface area contributed by atoms with Crippen molar-refractivity contribution in [2.24, 2.45) is 5.41 Å². The summed E-state index contributed by atoms with van der Waals surface area (Å²) in [6, 6.07) is 0.0971. The molecule has 0 fully saturated rings. The second-order valence-corrected chi connectivity index (χ2v) is 5.86. The van der Waals surface area contributed by atoms with Gasteiger partial charge in [-0.25, -0.2) is 0 Å². The van der Waals surface area contributed by atoms with Crippen LogP contribution in [-0.4, -0.2) is 15.9 Å². The zero-order valence-electron chi connectivity index (χ0n) is 10.3. The zero-order valence-corrected chi connectivity index (χ0v) is 11.9. The Balaban J connectivity index is 3.09. The maximum atomic E-state index is 10.9. The van der Waals surface area contributed by atoms with Gasteiger partial charge < -0.3 is 5.32 Å². The van der Waals surface area contributed by atoms with Gasteiger partial charge in [0.1, 0.15) is 11.9 Å². The fraction of sp³-hybridized carbons (Fsp3) is 0.545. The predicted molar refractivity (Wildman–Crippen MR) is 71.1 cm³/mol. The minimum atomic E-state index is -0.435. The zero-order chi connectivity index (χ0) is 13.2.